The zero-order valence-electron chi connectivity index (χ0n) is 25.3. The number of nitrogens with zero attached hydrogens (tertiary/aromatic N) is 2. The van der Waals surface area contributed by atoms with Crippen LogP contribution in [0.1, 0.15) is 28.8 Å². The topological polar surface area (TPSA) is 209 Å². The first-order chi connectivity index (χ1) is 21.7. The van der Waals surface area contributed by atoms with Gasteiger partial charge in [0.1, 0.15) is 11.5 Å². The van der Waals surface area contributed by atoms with Gasteiger partial charge in [0.15, 0.2) is 39.8 Å². The van der Waals surface area contributed by atoms with Crippen LogP contribution in [0.2, 0.25) is 0 Å². The van der Waals surface area contributed by atoms with Crippen LogP contribution >= 0.6 is 11.3 Å². The number of amides is 1. The Labute approximate surface area is 267 Å². The van der Waals surface area contributed by atoms with Crippen molar-refractivity contribution in [3.05, 3.63) is 52.9 Å². The molecule has 1 heterocycles. The summed E-state index contributed by atoms with van der Waals surface area (Å²) in [5.41, 5.74) is 4.05. The van der Waals surface area contributed by atoms with Gasteiger partial charge < -0.3 is 31.1 Å². The monoisotopic (exact) mass is 648 g/mol. The van der Waals surface area contributed by atoms with Crippen molar-refractivity contribution in [3.63, 3.8) is 0 Å². The van der Waals surface area contributed by atoms with Gasteiger partial charge in [0, 0.05) is 16.9 Å². The lowest BCUT2D eigenvalue weighted by Crippen LogP contribution is -2.77. The number of phenolic OH excluding ortho intramolecular Hbond substituents is 1. The number of nitrogens with two attached hydrogens (primary N) is 1. The average molecular weight is 649 g/mol. The number of fused-ring (bicyclic) bond motifs is 3. The molecule has 240 valence electrons. The quantitative estimate of drug-likeness (QED) is 0.189. The number of carbonyl (C=O) groups excluding carboxylic acids is 5. The van der Waals surface area contributed by atoms with E-state index in [-0.39, 0.29) is 11.3 Å². The lowest BCUT2D eigenvalue weighted by molar-refractivity contribution is -0.196. The highest BCUT2D eigenvalue weighted by Crippen LogP contribution is 2.55. The van der Waals surface area contributed by atoms with Gasteiger partial charge >= 0.3 is 0 Å². The second-order valence-electron chi connectivity index (χ2n) is 12.2. The number of hydrogen-bond donors (Lipinski definition) is 5. The number of hydrogen-bond acceptors (Lipinski definition) is 13. The molecule has 6 N–H and O–H groups in total. The zero-order chi connectivity index (χ0) is 33.4. The number of aromatic nitrogens is 1. The molecule has 13 nitrogen and oxygen atoms in total. The van der Waals surface area contributed by atoms with E-state index in [1.54, 1.807) is 38.3 Å². The second kappa shape index (κ2) is 11.1. The summed E-state index contributed by atoms with van der Waals surface area (Å²) in [7, 11) is 4.46. The summed E-state index contributed by atoms with van der Waals surface area (Å²) in [4.78, 5) is 73.2. The Balaban J connectivity index is 1.38. The Kier molecular flexibility index (Phi) is 7.59. The molecule has 2 fully saturated rings. The van der Waals surface area contributed by atoms with Gasteiger partial charge in [-0.15, -0.1) is 11.3 Å². The van der Waals surface area contributed by atoms with Crippen molar-refractivity contribution in [2.45, 2.75) is 30.6 Å². The first kappa shape index (κ1) is 31.5. The van der Waals surface area contributed by atoms with Gasteiger partial charge in [-0.2, -0.15) is 0 Å². The largest absolute Gasteiger partial charge is 0.505 e. The summed E-state index contributed by atoms with van der Waals surface area (Å²) in [5.74, 6) is -13.1. The molecule has 0 bridgehead atoms. The predicted molar refractivity (Wildman–Crippen MR) is 165 cm³/mol. The molecule has 1 amide bonds. The van der Waals surface area contributed by atoms with Gasteiger partial charge in [0.25, 0.3) is 0 Å². The molecule has 0 spiro atoms. The van der Waals surface area contributed by atoms with Gasteiger partial charge in [-0.25, -0.2) is 4.98 Å². The highest BCUT2D eigenvalue weighted by molar-refractivity contribution is 7.14. The van der Waals surface area contributed by atoms with Crippen LogP contribution < -0.4 is 15.8 Å². The lowest BCUT2D eigenvalue weighted by Gasteiger charge is -2.56. The van der Waals surface area contributed by atoms with Crippen molar-refractivity contribution in [1.29, 1.82) is 0 Å². The molecule has 14 heteroatoms. The number of anilines is 2. The average Bonchev–Trinajstić information content (AvgIpc) is 3.48. The minimum absolute atomic E-state index is 0.120. The molecule has 2 saturated carbocycles. The number of Topliss-reactive ketones (excluding diaryl/α,β-unsaturated/α-hetero) is 4. The number of aliphatic hydroxyl groups excluding tert-OH is 1. The van der Waals surface area contributed by atoms with Crippen molar-refractivity contribution < 1.29 is 44.0 Å². The van der Waals surface area contributed by atoms with Crippen molar-refractivity contribution in [1.82, 2.24) is 9.88 Å². The summed E-state index contributed by atoms with van der Waals surface area (Å²) in [5, 5.41) is 40.1. The molecule has 3 aromatic rings. The van der Waals surface area contributed by atoms with Gasteiger partial charge in [-0.1, -0.05) is 13.0 Å². The van der Waals surface area contributed by atoms with Crippen LogP contribution in [0.3, 0.4) is 0 Å². The third kappa shape index (κ3) is 4.39. The molecule has 8 unspecified atom stereocenters. The Morgan fingerprint density at radius 2 is 1.76 bits per heavy atom. The summed E-state index contributed by atoms with van der Waals surface area (Å²) < 4.78 is 5.19. The van der Waals surface area contributed by atoms with Crippen LogP contribution in [0, 0.1) is 23.7 Å². The van der Waals surface area contributed by atoms with E-state index in [0.717, 1.165) is 5.56 Å². The zero-order valence-corrected chi connectivity index (χ0v) is 26.1. The molecule has 0 aliphatic heterocycles. The standard InChI is InChI=1S/C32H32N4O9S/c1-12-15-9-10-16(34-31-35-17(11-46-31)13-5-7-14(45-4)8-6-13)24(37)19(15)25(38)20-18(12)26(39)22-23(36(2)3)27(40)21(30(33)43)29(42)32(22,44)28(20)41/h5-12,18,20-23,26,37,39,44H,1-4H3,(H2,33,43)(H,34,35). The number of rotatable bonds is 6. The normalized spacial score (nSPS) is 30.5. The Morgan fingerprint density at radius 3 is 2.37 bits per heavy atom. The van der Waals surface area contributed by atoms with Crippen LogP contribution in [0.25, 0.3) is 11.3 Å². The first-order valence-electron chi connectivity index (χ1n) is 14.5. The molecule has 6 rings (SSSR count). The molecular weight excluding hydrogens is 616 g/mol. The number of carbonyl (C=O) groups is 5. The molecule has 1 aromatic heterocycles. The molecular formula is C32H32N4O9S. The van der Waals surface area contributed by atoms with E-state index in [1.165, 1.54) is 30.3 Å². The number of phenols is 1. The summed E-state index contributed by atoms with van der Waals surface area (Å²) in [6.45, 7) is 1.65. The van der Waals surface area contributed by atoms with Gasteiger partial charge in [-0.05, 0) is 55.9 Å². The number of primary amides is 1. The number of ketones is 4. The minimum atomic E-state index is -3.06. The van der Waals surface area contributed by atoms with E-state index in [0.29, 0.717) is 22.1 Å². The highest BCUT2D eigenvalue weighted by Gasteiger charge is 2.72. The van der Waals surface area contributed by atoms with Crippen molar-refractivity contribution >= 4 is 51.2 Å². The lowest BCUT2D eigenvalue weighted by atomic mass is 9.49. The maximum Gasteiger partial charge on any atom is 0.235 e. The van der Waals surface area contributed by atoms with Crippen LogP contribution in [-0.2, 0) is 19.2 Å². The van der Waals surface area contributed by atoms with Crippen molar-refractivity contribution in [2.24, 2.45) is 29.4 Å². The van der Waals surface area contributed by atoms with E-state index < -0.39 is 82.1 Å². The first-order valence-corrected chi connectivity index (χ1v) is 15.4. The van der Waals surface area contributed by atoms with Crippen molar-refractivity contribution in [2.75, 3.05) is 26.5 Å². The molecule has 0 saturated heterocycles. The molecule has 8 atom stereocenters. The smallest absolute Gasteiger partial charge is 0.235 e. The van der Waals surface area contributed by atoms with Gasteiger partial charge in [0.2, 0.25) is 5.91 Å². The fourth-order valence-electron chi connectivity index (χ4n) is 7.43. The van der Waals surface area contributed by atoms with Gasteiger partial charge in [0.05, 0.1) is 48.0 Å². The van der Waals surface area contributed by atoms with E-state index in [2.05, 4.69) is 10.3 Å². The summed E-state index contributed by atoms with van der Waals surface area (Å²) >= 11 is 1.26. The Bertz CT molecular complexity index is 1800. The van der Waals surface area contributed by atoms with E-state index in [1.807, 2.05) is 17.5 Å². The Hall–Kier alpha value is -4.50. The number of thiazole rings is 1. The maximum absolute atomic E-state index is 14.1. The fourth-order valence-corrected chi connectivity index (χ4v) is 8.16. The predicted octanol–water partition coefficient (Wildman–Crippen LogP) is 1.27. The van der Waals surface area contributed by atoms with E-state index in [9.17, 15) is 39.3 Å². The highest BCUT2D eigenvalue weighted by atomic mass is 32.1. The number of aromatic hydroxyl groups is 1. The van der Waals surface area contributed by atoms with Crippen LogP contribution in [0.5, 0.6) is 11.5 Å². The Morgan fingerprint density at radius 1 is 1.09 bits per heavy atom. The summed E-state index contributed by atoms with van der Waals surface area (Å²) in [6.07, 6.45) is -1.69. The molecule has 2 aromatic carbocycles. The van der Waals surface area contributed by atoms with Crippen molar-refractivity contribution in [3.8, 4) is 22.8 Å². The maximum atomic E-state index is 14.1. The third-order valence-corrected chi connectivity index (χ3v) is 10.4. The number of ether oxygens (including phenoxy) is 1. The molecule has 0 radical (unpaired) electrons. The van der Waals surface area contributed by atoms with Crippen LogP contribution in [-0.4, -0.2) is 93.2 Å². The molecule has 3 aliphatic rings. The third-order valence-electron chi connectivity index (χ3n) is 9.62. The summed E-state index contributed by atoms with van der Waals surface area (Å²) in [6, 6.07) is 9.00. The number of methoxy groups -OCH3 is 1. The molecule has 3 aliphatic carbocycles. The van der Waals surface area contributed by atoms with Gasteiger partial charge in [-0.3, -0.25) is 28.9 Å². The number of nitrogens with one attached hydrogen (secondary N) is 1. The van der Waals surface area contributed by atoms with Crippen LogP contribution in [0.15, 0.2) is 41.8 Å². The minimum Gasteiger partial charge on any atom is -0.505 e. The van der Waals surface area contributed by atoms with Crippen LogP contribution in [0.4, 0.5) is 10.8 Å². The van der Waals surface area contributed by atoms with E-state index in [4.69, 9.17) is 10.5 Å². The number of aliphatic hydroxyl groups is 2. The number of benzene rings is 2. The fraction of sp³-hybridized carbons (Fsp3) is 0.375. The number of likely N-dealkylation sites (N-methyl/N-ethyl adjacent to an activating group) is 1. The van der Waals surface area contributed by atoms with E-state index >= 15 is 0 Å². The SMILES string of the molecule is COc1ccc(-c2csc(Nc3ccc4c(c3O)C(=O)C3C(=O)C5(O)C(=O)C(C(N)=O)C(=O)C(N(C)C)C5C(O)C3C4C)n2)cc1. The second-order valence-corrected chi connectivity index (χ2v) is 13.0. The molecule has 46 heavy (non-hydrogen) atoms.